The fourth-order valence-corrected chi connectivity index (χ4v) is 2.85. The molecule has 14 heteroatoms. The fourth-order valence-electron chi connectivity index (χ4n) is 2.85. The molecule has 3 aliphatic rings. The van der Waals surface area contributed by atoms with Gasteiger partial charge >= 0.3 is 116 Å². The van der Waals surface area contributed by atoms with E-state index in [1.54, 1.807) is 6.92 Å². The number of carbonyl (C=O) groups excluding carboxylic acids is 2. The van der Waals surface area contributed by atoms with E-state index in [1.807, 2.05) is 6.92 Å². The van der Waals surface area contributed by atoms with E-state index in [-0.39, 0.29) is 170 Å². The molecule has 187 valence electrons. The first-order valence-corrected chi connectivity index (χ1v) is 10.0. The van der Waals surface area contributed by atoms with Crippen LogP contribution < -0.4 is 137 Å². The van der Waals surface area contributed by atoms with Crippen LogP contribution in [0.25, 0.3) is 0 Å². The number of aliphatic hydroxyl groups excluding tert-OH is 1. The van der Waals surface area contributed by atoms with Gasteiger partial charge in [0.25, 0.3) is 0 Å². The summed E-state index contributed by atoms with van der Waals surface area (Å²) in [5.41, 5.74) is 0. The van der Waals surface area contributed by atoms with E-state index in [4.69, 9.17) is 19.3 Å². The van der Waals surface area contributed by atoms with E-state index in [0.717, 1.165) is 0 Å². The molecule has 0 saturated carbocycles. The second kappa shape index (κ2) is 24.0. The van der Waals surface area contributed by atoms with E-state index in [1.165, 1.54) is 13.8 Å². The standard InChI is InChI=1S/C7H12NO2.C6H11NO3.C6H10NO3.CH4.B.2Rb.H2/c1-3-7(9)6-4-10-5(2)8-6;2*1-4(8)7-5-2-10-3-6(5)9;;;;;/h6-7H,3-4H2,1-2H3;5-6,9H,2-3H2,1H3,(H,7,8);5-6H,2-3H2,1H3,(H,7,8);1H4;;;;1H/q-1;;-1;;;2*+1;/t6-,7-;2*5-,6-;;;;;/m000...../s1/i;;;;;;;1+1. The second-order valence-corrected chi connectivity index (χ2v) is 7.27. The zero-order valence-corrected chi connectivity index (χ0v) is 30.4. The Kier molecular flexibility index (Phi) is 30.3. The molecule has 2 fully saturated rings. The summed E-state index contributed by atoms with van der Waals surface area (Å²) in [5.74, 6) is 0.352. The quantitative estimate of drug-likeness (QED) is 0.258. The van der Waals surface area contributed by atoms with Crippen LogP contribution in [0.2, 0.25) is 0 Å². The summed E-state index contributed by atoms with van der Waals surface area (Å²) in [6.45, 7) is 8.26. The molecule has 0 unspecified atom stereocenters. The smallest absolute Gasteiger partial charge is 0.850 e. The van der Waals surface area contributed by atoms with Crippen LogP contribution in [0.15, 0.2) is 4.99 Å². The molecule has 0 spiro atoms. The molecule has 0 aromatic heterocycles. The predicted molar refractivity (Wildman–Crippen MR) is 118 cm³/mol. The van der Waals surface area contributed by atoms with Crippen LogP contribution in [0, 0.1) is 0 Å². The molecule has 3 radical (unpaired) electrons. The Morgan fingerprint density at radius 3 is 1.94 bits per heavy atom. The Morgan fingerprint density at radius 1 is 1.09 bits per heavy atom. The maximum absolute atomic E-state index is 11.1. The Hall–Kier alpha value is 1.89. The first-order chi connectivity index (χ1) is 14.1. The molecule has 3 N–H and O–H groups in total. The van der Waals surface area contributed by atoms with E-state index in [0.29, 0.717) is 38.7 Å². The summed E-state index contributed by atoms with van der Waals surface area (Å²) in [4.78, 5) is 24.9. The minimum Gasteiger partial charge on any atom is -0.850 e. The van der Waals surface area contributed by atoms with E-state index in [9.17, 15) is 19.8 Å². The van der Waals surface area contributed by atoms with Gasteiger partial charge in [-0.15, -0.1) is 6.10 Å². The fraction of sp³-hybridized carbons (Fsp3) is 0.850. The van der Waals surface area contributed by atoms with Gasteiger partial charge in [-0.25, -0.2) is 0 Å². The monoisotopic (exact) mass is 631 g/mol. The number of ether oxygens (including phenoxy) is 3. The number of rotatable bonds is 4. The van der Waals surface area contributed by atoms with Crippen LogP contribution in [0.4, 0.5) is 0 Å². The maximum atomic E-state index is 11.1. The van der Waals surface area contributed by atoms with Gasteiger partial charge in [-0.2, -0.15) is 0 Å². The maximum Gasteiger partial charge on any atom is 1.00 e. The van der Waals surface area contributed by atoms with Crippen LogP contribution in [0.5, 0.6) is 0 Å². The van der Waals surface area contributed by atoms with Crippen molar-refractivity contribution < 1.29 is 157 Å². The van der Waals surface area contributed by atoms with Crippen molar-refractivity contribution in [3.8, 4) is 0 Å². The van der Waals surface area contributed by atoms with Gasteiger partial charge in [0.15, 0.2) is 5.90 Å². The predicted octanol–water partition coefficient (Wildman–Crippen LogP) is -8.42. The van der Waals surface area contributed by atoms with Crippen LogP contribution >= 0.6 is 0 Å². The second-order valence-electron chi connectivity index (χ2n) is 7.27. The molecule has 0 aromatic rings. The average Bonchev–Trinajstić information content (AvgIpc) is 3.39. The van der Waals surface area contributed by atoms with Gasteiger partial charge in [0.2, 0.25) is 11.8 Å². The van der Waals surface area contributed by atoms with Crippen LogP contribution in [0.3, 0.4) is 0 Å². The van der Waals surface area contributed by atoms with Crippen molar-refractivity contribution in [3.05, 3.63) is 0 Å². The van der Waals surface area contributed by atoms with Crippen molar-refractivity contribution in [3.63, 3.8) is 0 Å². The Balaban J connectivity index is -0.000000120. The zero-order valence-electron chi connectivity index (χ0n) is 20.5. The average molecular weight is 632 g/mol. The van der Waals surface area contributed by atoms with Gasteiger partial charge in [0.1, 0.15) is 6.61 Å². The van der Waals surface area contributed by atoms with Crippen molar-refractivity contribution in [1.82, 2.24) is 10.6 Å². The molecule has 11 nitrogen and oxygen atoms in total. The van der Waals surface area contributed by atoms with Gasteiger partial charge in [0.05, 0.1) is 38.0 Å². The van der Waals surface area contributed by atoms with Crippen LogP contribution in [0.1, 0.15) is 43.0 Å². The van der Waals surface area contributed by atoms with E-state index in [2.05, 4.69) is 15.6 Å². The molecule has 3 heterocycles. The number of aliphatic hydroxyl groups is 1. The summed E-state index contributed by atoms with van der Waals surface area (Å²) < 4.78 is 14.8. The van der Waals surface area contributed by atoms with Gasteiger partial charge < -0.3 is 40.2 Å². The van der Waals surface area contributed by atoms with Gasteiger partial charge in [-0.3, -0.25) is 14.6 Å². The summed E-state index contributed by atoms with van der Waals surface area (Å²) in [5, 5.41) is 36.1. The molecule has 0 aromatic carbocycles. The number of nitrogens with one attached hydrogen (secondary N) is 2. The Morgan fingerprint density at radius 2 is 1.59 bits per heavy atom. The van der Waals surface area contributed by atoms with Crippen molar-refractivity contribution in [2.75, 3.05) is 33.0 Å². The Bertz CT molecular complexity index is 567. The zero-order chi connectivity index (χ0) is 22.7. The minimum atomic E-state index is -0.788. The van der Waals surface area contributed by atoms with Crippen molar-refractivity contribution in [2.24, 2.45) is 4.99 Å². The van der Waals surface area contributed by atoms with Gasteiger partial charge in [0, 0.05) is 43.3 Å². The molecule has 2 amide bonds. The number of hydrogen-bond acceptors (Lipinski definition) is 9. The third kappa shape index (κ3) is 18.2. The summed E-state index contributed by atoms with van der Waals surface area (Å²) >= 11 is 0. The van der Waals surface area contributed by atoms with Crippen molar-refractivity contribution in [1.29, 1.82) is 0 Å². The third-order valence-corrected chi connectivity index (χ3v) is 4.50. The van der Waals surface area contributed by atoms with Crippen LogP contribution in [-0.2, 0) is 23.8 Å². The molecule has 3 rings (SSSR count). The third-order valence-electron chi connectivity index (χ3n) is 4.50. The molecule has 2 saturated heterocycles. The van der Waals surface area contributed by atoms with Crippen molar-refractivity contribution in [2.45, 2.75) is 78.0 Å². The largest absolute Gasteiger partial charge is 1.00 e. The molecule has 3 aliphatic heterocycles. The number of hydrogen-bond donors (Lipinski definition) is 3. The minimum absolute atomic E-state index is 0. The van der Waals surface area contributed by atoms with Crippen molar-refractivity contribution >= 4 is 26.1 Å². The molecule has 0 bridgehead atoms. The Labute approximate surface area is 304 Å². The summed E-state index contributed by atoms with van der Waals surface area (Å²) in [6, 6.07) is -0.667. The number of amides is 2. The SMILES string of the molecule is C.CC(=O)N[C@H]1COC[C@@H]1O.CC(=O)N[C@H]1COC[C@@H]1[O-].CC[C@H]([O-])[C@@H]1COC(C)=N1.[2HH].[B].[Rb+].[Rb+]. The molecule has 34 heavy (non-hydrogen) atoms. The van der Waals surface area contributed by atoms with E-state index >= 15 is 0 Å². The first kappa shape index (κ1) is 43.0. The van der Waals surface area contributed by atoms with Gasteiger partial charge in [-0.1, -0.05) is 26.9 Å². The number of nitrogens with zero attached hydrogens (tertiary/aromatic N) is 1. The molecule has 0 aliphatic carbocycles. The van der Waals surface area contributed by atoms with E-state index < -0.39 is 18.3 Å². The molecular formula is C20H39BN3O8Rb2. The number of aliphatic imine (C=N–C) groups is 1. The van der Waals surface area contributed by atoms with Gasteiger partial charge in [-0.05, 0) is 0 Å². The summed E-state index contributed by atoms with van der Waals surface area (Å²) in [6.07, 6.45) is -1.28. The molecular weight excluding hydrogens is 592 g/mol. The topological polar surface area (TPSA) is 165 Å². The normalized spacial score (nSPS) is 27.0. The first-order valence-electron chi connectivity index (χ1n) is 10.0. The number of carbonyl (C=O) groups is 2. The molecule has 6 atom stereocenters. The van der Waals surface area contributed by atoms with Crippen LogP contribution in [-0.4, -0.2) is 101 Å². The summed E-state index contributed by atoms with van der Waals surface area (Å²) in [7, 11) is 0.